The van der Waals surface area contributed by atoms with E-state index >= 15 is 0 Å². The van der Waals surface area contributed by atoms with Gasteiger partial charge in [0.1, 0.15) is 6.23 Å². The fourth-order valence-electron chi connectivity index (χ4n) is 4.45. The molecule has 0 bridgehead atoms. The smallest absolute Gasteiger partial charge is 0.229 e. The highest BCUT2D eigenvalue weighted by Gasteiger charge is 2.51. The number of carbonyl (C=O) groups excluding carboxylic acids is 1. The van der Waals surface area contributed by atoms with E-state index in [2.05, 4.69) is 34.5 Å². The Kier molecular flexibility index (Phi) is 3.05. The quantitative estimate of drug-likeness (QED) is 0.824. The number of benzene rings is 1. The number of hydrogen-bond acceptors (Lipinski definition) is 3. The number of likely N-dealkylation sites (tertiary alicyclic amines) is 1. The second-order valence-corrected chi connectivity index (χ2v) is 6.80. The highest BCUT2D eigenvalue weighted by atomic mass is 16.3. The molecule has 4 heteroatoms. The first-order valence-corrected chi connectivity index (χ1v) is 7.99. The second kappa shape index (κ2) is 4.82. The lowest BCUT2D eigenvalue weighted by Gasteiger charge is -2.34. The average molecular weight is 286 g/mol. The molecule has 1 aliphatic carbocycles. The van der Waals surface area contributed by atoms with Crippen molar-refractivity contribution in [3.8, 4) is 0 Å². The maximum atomic E-state index is 12.2. The highest BCUT2D eigenvalue weighted by Crippen LogP contribution is 2.44. The Morgan fingerprint density at radius 2 is 2.19 bits per heavy atom. The van der Waals surface area contributed by atoms with Crippen LogP contribution in [-0.4, -0.2) is 35.2 Å². The zero-order valence-electron chi connectivity index (χ0n) is 12.2. The average Bonchev–Trinajstić information content (AvgIpc) is 3.03. The summed E-state index contributed by atoms with van der Waals surface area (Å²) in [5.41, 5.74) is 2.55. The summed E-state index contributed by atoms with van der Waals surface area (Å²) < 4.78 is 0. The van der Waals surface area contributed by atoms with Crippen molar-refractivity contribution in [2.24, 2.45) is 5.41 Å². The summed E-state index contributed by atoms with van der Waals surface area (Å²) in [4.78, 5) is 14.7. The van der Waals surface area contributed by atoms with Gasteiger partial charge in [0.2, 0.25) is 5.91 Å². The van der Waals surface area contributed by atoms with Crippen LogP contribution < -0.4 is 5.32 Å². The Bertz CT molecular complexity index is 574. The molecule has 2 fully saturated rings. The van der Waals surface area contributed by atoms with Crippen LogP contribution in [0.15, 0.2) is 24.3 Å². The second-order valence-electron chi connectivity index (χ2n) is 6.80. The minimum Gasteiger partial charge on any atom is -0.374 e. The molecule has 2 saturated heterocycles. The summed E-state index contributed by atoms with van der Waals surface area (Å²) in [6.07, 6.45) is 4.35. The van der Waals surface area contributed by atoms with Crippen molar-refractivity contribution < 1.29 is 9.90 Å². The molecule has 2 aliphatic heterocycles. The van der Waals surface area contributed by atoms with Gasteiger partial charge in [0, 0.05) is 19.0 Å². The molecule has 1 aromatic rings. The van der Waals surface area contributed by atoms with Crippen molar-refractivity contribution in [1.82, 2.24) is 10.2 Å². The number of fused-ring (bicyclic) bond motifs is 1. The van der Waals surface area contributed by atoms with Crippen molar-refractivity contribution >= 4 is 5.91 Å². The lowest BCUT2D eigenvalue weighted by atomic mass is 9.84. The summed E-state index contributed by atoms with van der Waals surface area (Å²) in [5.74, 6) is 0.0431. The number of aliphatic hydroxyl groups excluding tert-OH is 1. The number of aryl methyl sites for hydroxylation is 1. The molecule has 3 unspecified atom stereocenters. The molecule has 2 heterocycles. The first kappa shape index (κ1) is 13.3. The predicted octanol–water partition coefficient (Wildman–Crippen LogP) is 1.59. The van der Waals surface area contributed by atoms with Crippen LogP contribution in [0.25, 0.3) is 0 Å². The van der Waals surface area contributed by atoms with E-state index in [-0.39, 0.29) is 11.3 Å². The summed E-state index contributed by atoms with van der Waals surface area (Å²) in [6, 6.07) is 9.16. The van der Waals surface area contributed by atoms with Gasteiger partial charge in [-0.15, -0.1) is 0 Å². The Balaban J connectivity index is 1.58. The number of aliphatic hydroxyl groups is 1. The third kappa shape index (κ3) is 2.09. The van der Waals surface area contributed by atoms with Gasteiger partial charge in [0.15, 0.2) is 0 Å². The van der Waals surface area contributed by atoms with E-state index in [1.54, 1.807) is 0 Å². The molecule has 4 nitrogen and oxygen atoms in total. The molecule has 0 aromatic heterocycles. The Hall–Kier alpha value is -1.39. The van der Waals surface area contributed by atoms with Gasteiger partial charge in [-0.3, -0.25) is 9.69 Å². The molecule has 2 N–H and O–H groups in total. The number of rotatable bonds is 1. The van der Waals surface area contributed by atoms with Gasteiger partial charge >= 0.3 is 0 Å². The van der Waals surface area contributed by atoms with Crippen molar-refractivity contribution in [2.75, 3.05) is 13.1 Å². The number of amides is 1. The van der Waals surface area contributed by atoms with E-state index < -0.39 is 6.23 Å². The fraction of sp³-hybridized carbons (Fsp3) is 0.588. The van der Waals surface area contributed by atoms with E-state index in [0.717, 1.165) is 19.5 Å². The molecule has 3 atom stereocenters. The Labute approximate surface area is 125 Å². The predicted molar refractivity (Wildman–Crippen MR) is 79.5 cm³/mol. The first-order valence-electron chi connectivity index (χ1n) is 7.99. The first-order chi connectivity index (χ1) is 10.2. The minimum absolute atomic E-state index is 0.0431. The SMILES string of the molecule is O=C1NC(O)CC12CCN(C1CCCc3ccccc31)C2. The highest BCUT2D eigenvalue weighted by molar-refractivity contribution is 5.85. The monoisotopic (exact) mass is 286 g/mol. The van der Waals surface area contributed by atoms with Crippen LogP contribution in [0, 0.1) is 5.41 Å². The van der Waals surface area contributed by atoms with E-state index in [1.165, 1.54) is 30.4 Å². The van der Waals surface area contributed by atoms with Crippen molar-refractivity contribution in [1.29, 1.82) is 0 Å². The van der Waals surface area contributed by atoms with Crippen LogP contribution in [-0.2, 0) is 11.2 Å². The van der Waals surface area contributed by atoms with Gasteiger partial charge in [-0.1, -0.05) is 24.3 Å². The van der Waals surface area contributed by atoms with Crippen LogP contribution in [0.5, 0.6) is 0 Å². The molecule has 21 heavy (non-hydrogen) atoms. The van der Waals surface area contributed by atoms with E-state index in [1.807, 2.05) is 0 Å². The van der Waals surface area contributed by atoms with Crippen molar-refractivity contribution in [2.45, 2.75) is 44.4 Å². The summed E-state index contributed by atoms with van der Waals surface area (Å²) in [5, 5.41) is 12.4. The molecule has 112 valence electrons. The summed E-state index contributed by atoms with van der Waals surface area (Å²) in [7, 11) is 0. The normalized spacial score (nSPS) is 36.0. The number of carbonyl (C=O) groups is 1. The van der Waals surface area contributed by atoms with Crippen LogP contribution in [0.4, 0.5) is 0 Å². The van der Waals surface area contributed by atoms with Gasteiger partial charge in [-0.05, 0) is 43.4 Å². The molecule has 0 radical (unpaired) electrons. The van der Waals surface area contributed by atoms with Gasteiger partial charge < -0.3 is 10.4 Å². The maximum Gasteiger partial charge on any atom is 0.229 e. The van der Waals surface area contributed by atoms with Gasteiger partial charge in [-0.25, -0.2) is 0 Å². The Morgan fingerprint density at radius 3 is 3.00 bits per heavy atom. The zero-order valence-corrected chi connectivity index (χ0v) is 12.2. The molecular formula is C17H22N2O2. The summed E-state index contributed by atoms with van der Waals surface area (Å²) in [6.45, 7) is 1.74. The molecular weight excluding hydrogens is 264 g/mol. The minimum atomic E-state index is -0.656. The molecule has 3 aliphatic rings. The van der Waals surface area contributed by atoms with Crippen molar-refractivity contribution in [3.63, 3.8) is 0 Å². The third-order valence-corrected chi connectivity index (χ3v) is 5.53. The number of hydrogen-bond donors (Lipinski definition) is 2. The van der Waals surface area contributed by atoms with E-state index in [0.29, 0.717) is 12.5 Å². The van der Waals surface area contributed by atoms with Crippen LogP contribution in [0.1, 0.15) is 42.9 Å². The maximum absolute atomic E-state index is 12.2. The largest absolute Gasteiger partial charge is 0.374 e. The molecule has 4 rings (SSSR count). The van der Waals surface area contributed by atoms with E-state index in [4.69, 9.17) is 0 Å². The Morgan fingerprint density at radius 1 is 1.33 bits per heavy atom. The molecule has 1 amide bonds. The standard InChI is InChI=1S/C17H22N2O2/c20-15-10-17(16(21)18-15)8-9-19(11-17)14-7-3-5-12-4-1-2-6-13(12)14/h1-2,4,6,14-15,20H,3,5,7-11H2,(H,18,21). The number of nitrogens with one attached hydrogen (secondary N) is 1. The lowest BCUT2D eigenvalue weighted by Crippen LogP contribution is -2.36. The fourth-order valence-corrected chi connectivity index (χ4v) is 4.45. The molecule has 0 saturated carbocycles. The summed E-state index contributed by atoms with van der Waals surface area (Å²) >= 11 is 0. The number of nitrogens with zero attached hydrogens (tertiary/aromatic N) is 1. The van der Waals surface area contributed by atoms with Crippen LogP contribution in [0.2, 0.25) is 0 Å². The lowest BCUT2D eigenvalue weighted by molar-refractivity contribution is -0.127. The van der Waals surface area contributed by atoms with Gasteiger partial charge in [-0.2, -0.15) is 0 Å². The topological polar surface area (TPSA) is 52.6 Å². The van der Waals surface area contributed by atoms with Gasteiger partial charge in [0.05, 0.1) is 5.41 Å². The third-order valence-electron chi connectivity index (χ3n) is 5.53. The molecule has 1 spiro atoms. The van der Waals surface area contributed by atoms with Gasteiger partial charge in [0.25, 0.3) is 0 Å². The molecule has 1 aromatic carbocycles. The van der Waals surface area contributed by atoms with Crippen LogP contribution >= 0.6 is 0 Å². The van der Waals surface area contributed by atoms with Crippen molar-refractivity contribution in [3.05, 3.63) is 35.4 Å². The van der Waals surface area contributed by atoms with E-state index in [9.17, 15) is 9.90 Å². The zero-order chi connectivity index (χ0) is 14.4. The van der Waals surface area contributed by atoms with Crippen LogP contribution in [0.3, 0.4) is 0 Å².